The van der Waals surface area contributed by atoms with E-state index in [1.165, 1.54) is 6.07 Å². The van der Waals surface area contributed by atoms with Gasteiger partial charge in [0.1, 0.15) is 12.4 Å². The zero-order chi connectivity index (χ0) is 13.7. The molecule has 2 rings (SSSR count). The van der Waals surface area contributed by atoms with Crippen LogP contribution in [0.1, 0.15) is 0 Å². The number of ether oxygens (including phenoxy) is 2. The van der Waals surface area contributed by atoms with E-state index < -0.39 is 7.12 Å². The summed E-state index contributed by atoms with van der Waals surface area (Å²) in [6, 6.07) is 4.73. The maximum absolute atomic E-state index is 9.02. The van der Waals surface area contributed by atoms with Crippen LogP contribution in [0.3, 0.4) is 0 Å². The van der Waals surface area contributed by atoms with Crippen LogP contribution in [0.2, 0.25) is 5.02 Å². The summed E-state index contributed by atoms with van der Waals surface area (Å²) >= 11 is 6.01. The molecule has 0 atom stereocenters. The van der Waals surface area contributed by atoms with Gasteiger partial charge in [0.05, 0.1) is 18.2 Å². The summed E-state index contributed by atoms with van der Waals surface area (Å²) in [5, 5.41) is 18.4. The van der Waals surface area contributed by atoms with E-state index in [2.05, 4.69) is 4.90 Å². The zero-order valence-electron chi connectivity index (χ0n) is 10.6. The second-order valence-electron chi connectivity index (χ2n) is 4.37. The molecule has 1 fully saturated rings. The molecule has 0 bridgehead atoms. The third-order valence-electron chi connectivity index (χ3n) is 3.02. The third kappa shape index (κ3) is 4.37. The summed E-state index contributed by atoms with van der Waals surface area (Å²) in [5.41, 5.74) is 0.352. The van der Waals surface area contributed by atoms with E-state index in [1.807, 2.05) is 0 Å². The molecule has 5 nitrogen and oxygen atoms in total. The van der Waals surface area contributed by atoms with Crippen molar-refractivity contribution in [2.24, 2.45) is 0 Å². The third-order valence-corrected chi connectivity index (χ3v) is 3.32. The lowest BCUT2D eigenvalue weighted by molar-refractivity contribution is 0.0322. The topological polar surface area (TPSA) is 62.2 Å². The molecule has 0 aromatic heterocycles. The number of rotatable bonds is 5. The van der Waals surface area contributed by atoms with Crippen molar-refractivity contribution in [3.05, 3.63) is 23.2 Å². The lowest BCUT2D eigenvalue weighted by atomic mass is 9.80. The quantitative estimate of drug-likeness (QED) is 0.729. The van der Waals surface area contributed by atoms with Crippen LogP contribution in [0.4, 0.5) is 0 Å². The summed E-state index contributed by atoms with van der Waals surface area (Å²) in [6.45, 7) is 4.75. The van der Waals surface area contributed by atoms with Crippen LogP contribution in [0.5, 0.6) is 5.75 Å². The van der Waals surface area contributed by atoms with Crippen LogP contribution in [-0.4, -0.2) is 61.5 Å². The number of nitrogens with zero attached hydrogens (tertiary/aromatic N) is 1. The van der Waals surface area contributed by atoms with Crippen LogP contribution in [-0.2, 0) is 4.74 Å². The summed E-state index contributed by atoms with van der Waals surface area (Å²) in [6.07, 6.45) is 0. The van der Waals surface area contributed by atoms with Gasteiger partial charge in [0.15, 0.2) is 0 Å². The maximum Gasteiger partial charge on any atom is 0.488 e. The zero-order valence-corrected chi connectivity index (χ0v) is 11.3. The van der Waals surface area contributed by atoms with Gasteiger partial charge in [0.25, 0.3) is 0 Å². The highest BCUT2D eigenvalue weighted by Crippen LogP contribution is 2.22. The molecule has 19 heavy (non-hydrogen) atoms. The lowest BCUT2D eigenvalue weighted by Gasteiger charge is -2.26. The molecule has 104 valence electrons. The van der Waals surface area contributed by atoms with Gasteiger partial charge in [-0.3, -0.25) is 4.90 Å². The van der Waals surface area contributed by atoms with Crippen LogP contribution >= 0.6 is 11.6 Å². The van der Waals surface area contributed by atoms with Gasteiger partial charge in [-0.25, -0.2) is 0 Å². The Kier molecular flexibility index (Phi) is 5.48. The van der Waals surface area contributed by atoms with Crippen molar-refractivity contribution in [3.8, 4) is 5.75 Å². The Bertz CT molecular complexity index is 413. The molecular weight excluding hydrogens is 268 g/mol. The molecule has 0 amide bonds. The van der Waals surface area contributed by atoms with E-state index in [0.717, 1.165) is 32.8 Å². The predicted molar refractivity (Wildman–Crippen MR) is 74.0 cm³/mol. The molecule has 0 saturated carbocycles. The Morgan fingerprint density at radius 2 is 2.05 bits per heavy atom. The van der Waals surface area contributed by atoms with Crippen LogP contribution in [0.15, 0.2) is 18.2 Å². The summed E-state index contributed by atoms with van der Waals surface area (Å²) in [4.78, 5) is 2.27. The molecular formula is C12H17BClNO4. The van der Waals surface area contributed by atoms with Gasteiger partial charge in [-0.2, -0.15) is 0 Å². The Morgan fingerprint density at radius 1 is 1.32 bits per heavy atom. The molecule has 0 spiro atoms. The van der Waals surface area contributed by atoms with Gasteiger partial charge in [0, 0.05) is 19.6 Å². The van der Waals surface area contributed by atoms with Gasteiger partial charge >= 0.3 is 7.12 Å². The SMILES string of the molecule is OB(O)c1ccc(OCCN2CCOCC2)c(Cl)c1. The van der Waals surface area contributed by atoms with E-state index in [1.54, 1.807) is 12.1 Å². The van der Waals surface area contributed by atoms with Crippen LogP contribution < -0.4 is 10.2 Å². The highest BCUT2D eigenvalue weighted by Gasteiger charge is 2.14. The molecule has 7 heteroatoms. The average molecular weight is 286 g/mol. The van der Waals surface area contributed by atoms with Gasteiger partial charge < -0.3 is 19.5 Å². The minimum Gasteiger partial charge on any atom is -0.491 e. The van der Waals surface area contributed by atoms with Gasteiger partial charge in [0.2, 0.25) is 0 Å². The number of hydrogen-bond acceptors (Lipinski definition) is 5. The molecule has 1 saturated heterocycles. The number of benzene rings is 1. The Hall–Kier alpha value is -0.785. The summed E-state index contributed by atoms with van der Waals surface area (Å²) < 4.78 is 10.9. The Labute approximate surface area is 117 Å². The summed E-state index contributed by atoms with van der Waals surface area (Å²) in [5.74, 6) is 0.555. The number of halogens is 1. The van der Waals surface area contributed by atoms with Crippen molar-refractivity contribution in [2.75, 3.05) is 39.5 Å². The number of hydrogen-bond donors (Lipinski definition) is 2. The molecule has 2 N–H and O–H groups in total. The normalized spacial score (nSPS) is 16.4. The fourth-order valence-corrected chi connectivity index (χ4v) is 2.15. The van der Waals surface area contributed by atoms with E-state index >= 15 is 0 Å². The van der Waals surface area contributed by atoms with Gasteiger partial charge in [-0.15, -0.1) is 0 Å². The largest absolute Gasteiger partial charge is 0.491 e. The van der Waals surface area contributed by atoms with Crippen molar-refractivity contribution >= 4 is 24.2 Å². The average Bonchev–Trinajstić information content (AvgIpc) is 2.41. The number of morpholine rings is 1. The van der Waals surface area contributed by atoms with E-state index in [0.29, 0.717) is 22.8 Å². The predicted octanol–water partition coefficient (Wildman–Crippen LogP) is -0.269. The smallest absolute Gasteiger partial charge is 0.488 e. The first-order valence-corrected chi connectivity index (χ1v) is 6.63. The van der Waals surface area contributed by atoms with Crippen molar-refractivity contribution in [3.63, 3.8) is 0 Å². The van der Waals surface area contributed by atoms with Crippen molar-refractivity contribution < 1.29 is 19.5 Å². The minimum atomic E-state index is -1.51. The first-order chi connectivity index (χ1) is 9.16. The van der Waals surface area contributed by atoms with E-state index in [4.69, 9.17) is 31.1 Å². The second kappa shape index (κ2) is 7.12. The molecule has 0 radical (unpaired) electrons. The van der Waals surface area contributed by atoms with Crippen LogP contribution in [0.25, 0.3) is 0 Å². The van der Waals surface area contributed by atoms with Crippen molar-refractivity contribution in [1.29, 1.82) is 0 Å². The standard InChI is InChI=1S/C12H17BClNO4/c14-11-9-10(13(16)17)1-2-12(11)19-8-5-15-3-6-18-7-4-15/h1-2,9,16-17H,3-8H2. The second-order valence-corrected chi connectivity index (χ2v) is 4.77. The van der Waals surface area contributed by atoms with Crippen molar-refractivity contribution in [1.82, 2.24) is 4.90 Å². The first kappa shape index (κ1) is 14.6. The molecule has 1 aromatic carbocycles. The summed E-state index contributed by atoms with van der Waals surface area (Å²) in [7, 11) is -1.51. The Morgan fingerprint density at radius 3 is 2.68 bits per heavy atom. The fraction of sp³-hybridized carbons (Fsp3) is 0.500. The van der Waals surface area contributed by atoms with Crippen LogP contribution in [0, 0.1) is 0 Å². The molecule has 1 aliphatic heterocycles. The molecule has 1 aromatic rings. The molecule has 1 aliphatic rings. The fourth-order valence-electron chi connectivity index (χ4n) is 1.90. The Balaban J connectivity index is 1.82. The van der Waals surface area contributed by atoms with Gasteiger partial charge in [-0.05, 0) is 17.6 Å². The van der Waals surface area contributed by atoms with E-state index in [9.17, 15) is 0 Å². The highest BCUT2D eigenvalue weighted by atomic mass is 35.5. The van der Waals surface area contributed by atoms with E-state index in [-0.39, 0.29) is 0 Å². The minimum absolute atomic E-state index is 0.352. The van der Waals surface area contributed by atoms with Crippen molar-refractivity contribution in [2.45, 2.75) is 0 Å². The monoisotopic (exact) mass is 285 g/mol. The molecule has 1 heterocycles. The molecule has 0 aliphatic carbocycles. The highest BCUT2D eigenvalue weighted by molar-refractivity contribution is 6.59. The lowest BCUT2D eigenvalue weighted by Crippen LogP contribution is -2.38. The van der Waals surface area contributed by atoms with Gasteiger partial charge in [-0.1, -0.05) is 17.7 Å². The molecule has 0 unspecified atom stereocenters. The first-order valence-electron chi connectivity index (χ1n) is 6.25. The maximum atomic E-state index is 9.02.